The Hall–Kier alpha value is -1.84. The van der Waals surface area contributed by atoms with Crippen molar-refractivity contribution in [3.05, 3.63) is 34.9 Å². The third kappa shape index (κ3) is 2.02. The summed E-state index contributed by atoms with van der Waals surface area (Å²) in [5.74, 6) is -0.824. The number of carbonyl (C=O) groups is 2. The lowest BCUT2D eigenvalue weighted by molar-refractivity contribution is 0.0680. The van der Waals surface area contributed by atoms with Crippen LogP contribution in [0, 0.1) is 5.92 Å². The van der Waals surface area contributed by atoms with Crippen molar-refractivity contribution in [1.82, 2.24) is 4.90 Å². The Bertz CT molecular complexity index is 480. The lowest BCUT2D eigenvalue weighted by Crippen LogP contribution is -2.28. The molecule has 0 atom stereocenters. The van der Waals surface area contributed by atoms with Crippen molar-refractivity contribution in [2.75, 3.05) is 6.54 Å². The molecule has 0 unspecified atom stereocenters. The number of nitrogens with zero attached hydrogens (tertiary/aromatic N) is 1. The molecule has 0 radical (unpaired) electrons. The van der Waals surface area contributed by atoms with Gasteiger partial charge < -0.3 is 10.0 Å². The molecule has 0 bridgehead atoms. The summed E-state index contributed by atoms with van der Waals surface area (Å²) in [5, 5.41) is 9.06. The summed E-state index contributed by atoms with van der Waals surface area (Å²) in [7, 11) is 0. The van der Waals surface area contributed by atoms with E-state index in [-0.39, 0.29) is 11.5 Å². The number of amides is 1. The molecule has 0 spiro atoms. The Kier molecular flexibility index (Phi) is 2.88. The second-order valence-corrected chi connectivity index (χ2v) is 4.72. The molecular formula is C13H15NO3. The topological polar surface area (TPSA) is 57.6 Å². The summed E-state index contributed by atoms with van der Waals surface area (Å²) in [6.07, 6.45) is 0. The van der Waals surface area contributed by atoms with E-state index in [4.69, 9.17) is 5.11 Å². The molecule has 4 heteroatoms. The van der Waals surface area contributed by atoms with Gasteiger partial charge >= 0.3 is 5.97 Å². The molecule has 17 heavy (non-hydrogen) atoms. The van der Waals surface area contributed by atoms with E-state index >= 15 is 0 Å². The van der Waals surface area contributed by atoms with Crippen molar-refractivity contribution in [2.45, 2.75) is 20.4 Å². The van der Waals surface area contributed by atoms with Gasteiger partial charge in [-0.2, -0.15) is 0 Å². The van der Waals surface area contributed by atoms with Crippen LogP contribution in [0.2, 0.25) is 0 Å². The van der Waals surface area contributed by atoms with E-state index in [2.05, 4.69) is 0 Å². The number of hydrogen-bond donors (Lipinski definition) is 1. The minimum Gasteiger partial charge on any atom is -0.478 e. The Labute approximate surface area is 99.9 Å². The van der Waals surface area contributed by atoms with Crippen LogP contribution >= 0.6 is 0 Å². The normalized spacial score (nSPS) is 14.3. The highest BCUT2D eigenvalue weighted by molar-refractivity contribution is 6.07. The third-order valence-corrected chi connectivity index (χ3v) is 2.83. The second kappa shape index (κ2) is 4.20. The molecule has 4 nitrogen and oxygen atoms in total. The zero-order valence-corrected chi connectivity index (χ0v) is 9.93. The van der Waals surface area contributed by atoms with E-state index in [9.17, 15) is 9.59 Å². The van der Waals surface area contributed by atoms with Crippen LogP contribution in [0.1, 0.15) is 40.1 Å². The molecule has 0 aromatic heterocycles. The molecule has 1 heterocycles. The van der Waals surface area contributed by atoms with Crippen molar-refractivity contribution < 1.29 is 14.7 Å². The summed E-state index contributed by atoms with van der Waals surface area (Å²) in [5.41, 5.74) is 1.29. The van der Waals surface area contributed by atoms with Gasteiger partial charge in [0.1, 0.15) is 0 Å². The largest absolute Gasteiger partial charge is 0.478 e. The molecule has 1 aromatic rings. The number of aromatic carboxylic acids is 1. The van der Waals surface area contributed by atoms with Crippen LogP contribution in [0.15, 0.2) is 18.2 Å². The van der Waals surface area contributed by atoms with Crippen molar-refractivity contribution in [3.63, 3.8) is 0 Å². The number of carboxylic acid groups (broad SMARTS) is 1. The molecule has 90 valence electrons. The summed E-state index contributed by atoms with van der Waals surface area (Å²) < 4.78 is 0. The predicted octanol–water partition coefficient (Wildman–Crippen LogP) is 2.00. The van der Waals surface area contributed by atoms with Crippen molar-refractivity contribution in [3.8, 4) is 0 Å². The number of carboxylic acids is 1. The quantitative estimate of drug-likeness (QED) is 0.868. The van der Waals surface area contributed by atoms with E-state index in [1.165, 1.54) is 6.07 Å². The van der Waals surface area contributed by atoms with Crippen LogP contribution in [0.4, 0.5) is 0 Å². The Morgan fingerprint density at radius 1 is 1.47 bits per heavy atom. The maximum atomic E-state index is 12.1. The number of carbonyl (C=O) groups excluding carboxylic acids is 1. The fourth-order valence-electron chi connectivity index (χ4n) is 2.19. The highest BCUT2D eigenvalue weighted by atomic mass is 16.4. The van der Waals surface area contributed by atoms with Crippen LogP contribution in [0.3, 0.4) is 0 Å². The van der Waals surface area contributed by atoms with Gasteiger partial charge in [-0.15, -0.1) is 0 Å². The third-order valence-electron chi connectivity index (χ3n) is 2.83. The fraction of sp³-hybridized carbons (Fsp3) is 0.385. The Morgan fingerprint density at radius 3 is 2.76 bits per heavy atom. The number of rotatable bonds is 3. The first kappa shape index (κ1) is 11.6. The highest BCUT2D eigenvalue weighted by Crippen LogP contribution is 2.26. The summed E-state index contributed by atoms with van der Waals surface area (Å²) >= 11 is 0. The maximum absolute atomic E-state index is 12.1. The zero-order valence-electron chi connectivity index (χ0n) is 9.93. The van der Waals surface area contributed by atoms with Gasteiger partial charge in [0.15, 0.2) is 0 Å². The molecule has 0 fully saturated rings. The zero-order chi connectivity index (χ0) is 12.6. The van der Waals surface area contributed by atoms with E-state index in [1.807, 2.05) is 19.9 Å². The second-order valence-electron chi connectivity index (χ2n) is 4.72. The van der Waals surface area contributed by atoms with Gasteiger partial charge in [0, 0.05) is 13.1 Å². The first-order chi connectivity index (χ1) is 8.00. The van der Waals surface area contributed by atoms with Crippen LogP contribution in [-0.2, 0) is 6.54 Å². The van der Waals surface area contributed by atoms with Gasteiger partial charge in [-0.1, -0.05) is 26.0 Å². The van der Waals surface area contributed by atoms with Crippen LogP contribution < -0.4 is 0 Å². The average Bonchev–Trinajstić information content (AvgIpc) is 2.55. The van der Waals surface area contributed by atoms with Gasteiger partial charge in [0.25, 0.3) is 5.91 Å². The van der Waals surface area contributed by atoms with E-state index in [1.54, 1.807) is 11.0 Å². The lowest BCUT2D eigenvalue weighted by Gasteiger charge is -2.17. The molecule has 1 aromatic carbocycles. The van der Waals surface area contributed by atoms with Crippen molar-refractivity contribution in [2.24, 2.45) is 5.92 Å². The number of fused-ring (bicyclic) bond motifs is 1. The standard InChI is InChI=1S/C13H15NO3/c1-8(2)6-14-7-9-4-3-5-10(13(16)17)11(9)12(14)15/h3-5,8H,6-7H2,1-2H3,(H,16,17). The molecule has 0 aliphatic carbocycles. The molecule has 1 aliphatic rings. The van der Waals surface area contributed by atoms with E-state index in [0.717, 1.165) is 5.56 Å². The minimum absolute atomic E-state index is 0.110. The highest BCUT2D eigenvalue weighted by Gasteiger charge is 2.31. The summed E-state index contributed by atoms with van der Waals surface area (Å²) in [6.45, 7) is 5.25. The minimum atomic E-state index is -1.04. The molecular weight excluding hydrogens is 218 g/mol. The first-order valence-electron chi connectivity index (χ1n) is 5.65. The first-order valence-corrected chi connectivity index (χ1v) is 5.65. The van der Waals surface area contributed by atoms with Gasteiger partial charge in [-0.25, -0.2) is 4.79 Å². The van der Waals surface area contributed by atoms with Crippen LogP contribution in [0.5, 0.6) is 0 Å². The number of benzene rings is 1. The van der Waals surface area contributed by atoms with Crippen LogP contribution in [-0.4, -0.2) is 28.4 Å². The summed E-state index contributed by atoms with van der Waals surface area (Å²) in [6, 6.07) is 4.99. The Morgan fingerprint density at radius 2 is 2.18 bits per heavy atom. The van der Waals surface area contributed by atoms with Crippen LogP contribution in [0.25, 0.3) is 0 Å². The van der Waals surface area contributed by atoms with E-state index in [0.29, 0.717) is 24.6 Å². The Balaban J connectivity index is 2.38. The van der Waals surface area contributed by atoms with Gasteiger partial charge in [-0.3, -0.25) is 4.79 Å². The fourth-order valence-corrected chi connectivity index (χ4v) is 2.19. The maximum Gasteiger partial charge on any atom is 0.336 e. The van der Waals surface area contributed by atoms with Gasteiger partial charge in [0.2, 0.25) is 0 Å². The monoisotopic (exact) mass is 233 g/mol. The summed E-state index contributed by atoms with van der Waals surface area (Å²) in [4.78, 5) is 24.9. The van der Waals surface area contributed by atoms with Gasteiger partial charge in [0.05, 0.1) is 11.1 Å². The predicted molar refractivity (Wildman–Crippen MR) is 63.0 cm³/mol. The molecule has 0 saturated carbocycles. The SMILES string of the molecule is CC(C)CN1Cc2cccc(C(=O)O)c2C1=O. The smallest absolute Gasteiger partial charge is 0.336 e. The lowest BCUT2D eigenvalue weighted by atomic mass is 10.0. The van der Waals surface area contributed by atoms with Gasteiger partial charge in [-0.05, 0) is 17.5 Å². The molecule has 1 amide bonds. The van der Waals surface area contributed by atoms with Crippen molar-refractivity contribution in [1.29, 1.82) is 0 Å². The molecule has 2 rings (SSSR count). The molecule has 1 aliphatic heterocycles. The molecule has 1 N–H and O–H groups in total. The van der Waals surface area contributed by atoms with Crippen molar-refractivity contribution >= 4 is 11.9 Å². The molecule has 0 saturated heterocycles. The van der Waals surface area contributed by atoms with E-state index < -0.39 is 5.97 Å². The average molecular weight is 233 g/mol. The number of hydrogen-bond acceptors (Lipinski definition) is 2.